The first-order valence-corrected chi connectivity index (χ1v) is 15.4. The summed E-state index contributed by atoms with van der Waals surface area (Å²) < 4.78 is 31.9. The lowest BCUT2D eigenvalue weighted by atomic mass is 10.0. The second-order valence-electron chi connectivity index (χ2n) is 11.7. The van der Waals surface area contributed by atoms with Crippen LogP contribution in [0.15, 0.2) is 133 Å². The summed E-state index contributed by atoms with van der Waals surface area (Å²) in [7, 11) is 0. The first kappa shape index (κ1) is 28.5. The summed E-state index contributed by atoms with van der Waals surface area (Å²) in [4.78, 5) is 14.9. The molecule has 0 aliphatic carbocycles. The summed E-state index contributed by atoms with van der Waals surface area (Å²) in [6.07, 6.45) is 0. The van der Waals surface area contributed by atoms with Crippen molar-refractivity contribution in [3.8, 4) is 51.0 Å². The van der Waals surface area contributed by atoms with E-state index in [4.69, 9.17) is 15.0 Å². The molecule has 0 aliphatic heterocycles. The number of nitrogens with zero attached hydrogens (tertiary/aromatic N) is 4. The lowest BCUT2D eigenvalue weighted by molar-refractivity contribution is 0.511. The van der Waals surface area contributed by atoms with Gasteiger partial charge in [0.25, 0.3) is 0 Å². The Morgan fingerprint density at radius 1 is 0.468 bits per heavy atom. The molecule has 0 N–H and O–H groups in total. The van der Waals surface area contributed by atoms with Gasteiger partial charge in [0, 0.05) is 33.0 Å². The van der Waals surface area contributed by atoms with E-state index in [2.05, 4.69) is 54.8 Å². The van der Waals surface area contributed by atoms with Crippen LogP contribution in [0.2, 0.25) is 0 Å². The molecule has 0 amide bonds. The van der Waals surface area contributed by atoms with E-state index >= 15 is 4.39 Å². The lowest BCUT2D eigenvalue weighted by Gasteiger charge is -2.17. The van der Waals surface area contributed by atoms with Crippen LogP contribution in [0.5, 0.6) is 0 Å². The highest BCUT2D eigenvalue weighted by Gasteiger charge is 2.21. The summed E-state index contributed by atoms with van der Waals surface area (Å²) in [5, 5.41) is 2.20. The van der Waals surface area contributed by atoms with Gasteiger partial charge >= 0.3 is 0 Å². The number of hydrogen-bond donors (Lipinski definition) is 0. The molecule has 2 heterocycles. The Balaban J connectivity index is 1.47. The third kappa shape index (κ3) is 5.04. The highest BCUT2D eigenvalue weighted by Crippen LogP contribution is 2.39. The zero-order chi connectivity index (χ0) is 32.1. The number of benzene rings is 6. The van der Waals surface area contributed by atoms with Gasteiger partial charge in [-0.25, -0.2) is 23.7 Å². The number of aryl methyl sites for hydroxylation is 2. The third-order valence-electron chi connectivity index (χ3n) is 8.52. The van der Waals surface area contributed by atoms with Crippen LogP contribution in [0.1, 0.15) is 11.1 Å². The van der Waals surface area contributed by atoms with Gasteiger partial charge in [-0.15, -0.1) is 0 Å². The molecule has 0 fully saturated rings. The highest BCUT2D eigenvalue weighted by molar-refractivity contribution is 6.10. The normalized spacial score (nSPS) is 11.4. The molecule has 0 atom stereocenters. The molecule has 226 valence electrons. The average molecular weight is 615 g/mol. The molecule has 0 saturated heterocycles. The molecule has 2 aromatic heterocycles. The van der Waals surface area contributed by atoms with Crippen LogP contribution >= 0.6 is 0 Å². The van der Waals surface area contributed by atoms with Gasteiger partial charge in [0.1, 0.15) is 0 Å². The molecule has 6 aromatic carbocycles. The fourth-order valence-corrected chi connectivity index (χ4v) is 6.24. The van der Waals surface area contributed by atoms with E-state index in [1.165, 1.54) is 6.07 Å². The van der Waals surface area contributed by atoms with Crippen molar-refractivity contribution in [2.45, 2.75) is 13.8 Å². The largest absolute Gasteiger partial charge is 0.308 e. The minimum Gasteiger partial charge on any atom is -0.308 e. The molecular weight excluding hydrogens is 586 g/mol. The minimum atomic E-state index is -0.895. The summed E-state index contributed by atoms with van der Waals surface area (Å²) in [6.45, 7) is 4.16. The maximum absolute atomic E-state index is 15.2. The molecular formula is C41H28F2N4. The number of halogens is 2. The Kier molecular flexibility index (Phi) is 6.91. The summed E-state index contributed by atoms with van der Waals surface area (Å²) in [5.74, 6) is -0.248. The van der Waals surface area contributed by atoms with Crippen LogP contribution in [0.3, 0.4) is 0 Å². The molecule has 47 heavy (non-hydrogen) atoms. The molecule has 0 bridgehead atoms. The molecule has 0 aliphatic rings. The van der Waals surface area contributed by atoms with Crippen LogP contribution in [-0.4, -0.2) is 19.5 Å². The molecule has 0 unspecified atom stereocenters. The topological polar surface area (TPSA) is 43.6 Å². The molecule has 6 heteroatoms. The Morgan fingerprint density at radius 3 is 1.60 bits per heavy atom. The molecule has 0 radical (unpaired) electrons. The van der Waals surface area contributed by atoms with E-state index in [0.29, 0.717) is 23.0 Å². The van der Waals surface area contributed by atoms with Crippen LogP contribution < -0.4 is 0 Å². The standard InChI is InChI=1S/C41H28F2N4/c1-25-16-20-35-32(22-25)33-23-26(2)17-21-36(33)47(35)37-24-29(30-14-9-15-34(42)38(30)43)18-19-31(37)41-45-39(27-10-5-3-6-11-27)44-40(46-41)28-12-7-4-8-13-28/h3-24H,1-2H3. The maximum Gasteiger partial charge on any atom is 0.166 e. The van der Waals surface area contributed by atoms with Crippen molar-refractivity contribution in [1.29, 1.82) is 0 Å². The number of aromatic nitrogens is 4. The quantitative estimate of drug-likeness (QED) is 0.194. The zero-order valence-electron chi connectivity index (χ0n) is 25.7. The van der Waals surface area contributed by atoms with Gasteiger partial charge < -0.3 is 4.57 Å². The molecule has 8 aromatic rings. The maximum atomic E-state index is 15.2. The monoisotopic (exact) mass is 614 g/mol. The predicted molar refractivity (Wildman–Crippen MR) is 185 cm³/mol. The van der Waals surface area contributed by atoms with E-state index in [-0.39, 0.29) is 5.56 Å². The van der Waals surface area contributed by atoms with Crippen molar-refractivity contribution < 1.29 is 8.78 Å². The fraction of sp³-hybridized carbons (Fsp3) is 0.0488. The van der Waals surface area contributed by atoms with Crippen molar-refractivity contribution in [2.75, 3.05) is 0 Å². The Bertz CT molecular complexity index is 2330. The molecule has 0 saturated carbocycles. The van der Waals surface area contributed by atoms with Gasteiger partial charge in [-0.3, -0.25) is 0 Å². The van der Waals surface area contributed by atoms with Crippen LogP contribution in [0.25, 0.3) is 72.8 Å². The second kappa shape index (κ2) is 11.4. The van der Waals surface area contributed by atoms with E-state index in [9.17, 15) is 4.39 Å². The molecule has 4 nitrogen and oxygen atoms in total. The van der Waals surface area contributed by atoms with Gasteiger partial charge in [-0.1, -0.05) is 102 Å². The van der Waals surface area contributed by atoms with Gasteiger partial charge in [0.2, 0.25) is 0 Å². The van der Waals surface area contributed by atoms with Crippen molar-refractivity contribution in [1.82, 2.24) is 19.5 Å². The predicted octanol–water partition coefficient (Wildman–Crippen LogP) is 10.5. The van der Waals surface area contributed by atoms with Gasteiger partial charge in [0.15, 0.2) is 29.1 Å². The lowest BCUT2D eigenvalue weighted by Crippen LogP contribution is -2.04. The van der Waals surface area contributed by atoms with Crippen molar-refractivity contribution in [2.24, 2.45) is 0 Å². The van der Waals surface area contributed by atoms with E-state index in [1.807, 2.05) is 72.8 Å². The van der Waals surface area contributed by atoms with Crippen LogP contribution in [0, 0.1) is 25.5 Å². The Morgan fingerprint density at radius 2 is 1.02 bits per heavy atom. The van der Waals surface area contributed by atoms with Crippen LogP contribution in [0.4, 0.5) is 8.78 Å². The SMILES string of the molecule is Cc1ccc2c(c1)c1cc(C)ccc1n2-c1cc(-c2cccc(F)c2F)ccc1-c1nc(-c2ccccc2)nc(-c2ccccc2)n1. The smallest absolute Gasteiger partial charge is 0.166 e. The zero-order valence-corrected chi connectivity index (χ0v) is 25.7. The summed E-state index contributed by atoms with van der Waals surface area (Å²) in [5.41, 5.74) is 8.15. The van der Waals surface area contributed by atoms with Crippen LogP contribution in [-0.2, 0) is 0 Å². The first-order valence-electron chi connectivity index (χ1n) is 15.4. The highest BCUT2D eigenvalue weighted by atomic mass is 19.2. The van der Waals surface area contributed by atoms with Crippen molar-refractivity contribution >= 4 is 21.8 Å². The number of hydrogen-bond acceptors (Lipinski definition) is 3. The number of fused-ring (bicyclic) bond motifs is 3. The van der Waals surface area contributed by atoms with Crippen molar-refractivity contribution in [3.05, 3.63) is 156 Å². The Hall–Kier alpha value is -6.01. The van der Waals surface area contributed by atoms with Gasteiger partial charge in [-0.2, -0.15) is 0 Å². The van der Waals surface area contributed by atoms with Crippen molar-refractivity contribution in [3.63, 3.8) is 0 Å². The van der Waals surface area contributed by atoms with E-state index in [1.54, 1.807) is 12.1 Å². The average Bonchev–Trinajstić information content (AvgIpc) is 3.42. The van der Waals surface area contributed by atoms with E-state index in [0.717, 1.165) is 61.4 Å². The summed E-state index contributed by atoms with van der Waals surface area (Å²) in [6, 6.07) is 42.3. The molecule has 8 rings (SSSR count). The third-order valence-corrected chi connectivity index (χ3v) is 8.52. The Labute approximate surface area is 270 Å². The minimum absolute atomic E-state index is 0.177. The summed E-state index contributed by atoms with van der Waals surface area (Å²) >= 11 is 0. The molecule has 0 spiro atoms. The number of rotatable bonds is 5. The first-order chi connectivity index (χ1) is 22.9. The van der Waals surface area contributed by atoms with Gasteiger partial charge in [0.05, 0.1) is 16.7 Å². The second-order valence-corrected chi connectivity index (χ2v) is 11.7. The van der Waals surface area contributed by atoms with E-state index < -0.39 is 11.6 Å². The van der Waals surface area contributed by atoms with Gasteiger partial charge in [-0.05, 0) is 61.9 Å². The fourth-order valence-electron chi connectivity index (χ4n) is 6.24.